The normalized spacial score (nSPS) is 13.1. The standard InChI is InChI=1S/C21H41O6P/c1-2-3-4-5-6-7-8-9-10-11-12-13-14-15-16-17-21(23)27-18-20(22)19-28(24,25)26/h7-8,20,22H,2-6,9-19H2,1H3,(H2,24,25,26)/b8-7+. The lowest BCUT2D eigenvalue weighted by Crippen LogP contribution is -2.22. The fraction of sp³-hybridized carbons (Fsp3) is 0.857. The monoisotopic (exact) mass is 420 g/mol. The zero-order valence-electron chi connectivity index (χ0n) is 17.6. The third-order valence-corrected chi connectivity index (χ3v) is 5.43. The van der Waals surface area contributed by atoms with Gasteiger partial charge in [-0.2, -0.15) is 0 Å². The molecular formula is C21H41O6P. The Morgan fingerprint density at radius 3 is 1.93 bits per heavy atom. The van der Waals surface area contributed by atoms with Crippen molar-refractivity contribution in [1.29, 1.82) is 0 Å². The quantitative estimate of drug-likeness (QED) is 0.116. The molecule has 0 amide bonds. The number of rotatable bonds is 19. The molecule has 166 valence electrons. The van der Waals surface area contributed by atoms with E-state index in [0.29, 0.717) is 0 Å². The minimum atomic E-state index is -4.28. The summed E-state index contributed by atoms with van der Waals surface area (Å²) in [5.41, 5.74) is 0. The van der Waals surface area contributed by atoms with Gasteiger partial charge in [-0.05, 0) is 32.1 Å². The molecule has 1 atom stereocenters. The van der Waals surface area contributed by atoms with E-state index in [2.05, 4.69) is 19.1 Å². The third-order valence-electron chi connectivity index (χ3n) is 4.53. The Labute approximate surface area is 170 Å². The molecular weight excluding hydrogens is 379 g/mol. The zero-order chi connectivity index (χ0) is 21.1. The van der Waals surface area contributed by atoms with Gasteiger partial charge in [-0.25, -0.2) is 0 Å². The third kappa shape index (κ3) is 21.6. The van der Waals surface area contributed by atoms with Crippen LogP contribution in [0.25, 0.3) is 0 Å². The maximum absolute atomic E-state index is 11.5. The summed E-state index contributed by atoms with van der Waals surface area (Å²) in [6.07, 6.45) is 18.3. The first-order valence-electron chi connectivity index (χ1n) is 10.9. The highest BCUT2D eigenvalue weighted by Crippen LogP contribution is 2.34. The minimum Gasteiger partial charge on any atom is -0.463 e. The van der Waals surface area contributed by atoms with Gasteiger partial charge < -0.3 is 19.6 Å². The molecule has 7 heteroatoms. The highest BCUT2D eigenvalue weighted by atomic mass is 31.2. The molecule has 0 saturated carbocycles. The number of esters is 1. The van der Waals surface area contributed by atoms with Crippen LogP contribution < -0.4 is 0 Å². The number of carbonyl (C=O) groups is 1. The van der Waals surface area contributed by atoms with Crippen LogP contribution in [0.4, 0.5) is 0 Å². The average Bonchev–Trinajstić information content (AvgIpc) is 2.62. The summed E-state index contributed by atoms with van der Waals surface area (Å²) in [4.78, 5) is 28.9. The van der Waals surface area contributed by atoms with Crippen molar-refractivity contribution < 1.29 is 29.0 Å². The molecule has 0 bridgehead atoms. The van der Waals surface area contributed by atoms with Crippen LogP contribution in [-0.4, -0.2) is 39.7 Å². The molecule has 0 rings (SSSR count). The largest absolute Gasteiger partial charge is 0.463 e. The number of hydrogen-bond acceptors (Lipinski definition) is 4. The average molecular weight is 421 g/mol. The van der Waals surface area contributed by atoms with Crippen LogP contribution >= 0.6 is 7.60 Å². The predicted octanol–water partition coefficient (Wildman–Crippen LogP) is 5.11. The van der Waals surface area contributed by atoms with Gasteiger partial charge in [0.15, 0.2) is 0 Å². The summed E-state index contributed by atoms with van der Waals surface area (Å²) in [5.74, 6) is -0.425. The molecule has 0 radical (unpaired) electrons. The lowest BCUT2D eigenvalue weighted by atomic mass is 10.1. The van der Waals surface area contributed by atoms with Crippen LogP contribution in [0.15, 0.2) is 12.2 Å². The summed E-state index contributed by atoms with van der Waals surface area (Å²) >= 11 is 0. The number of aliphatic hydroxyl groups excluding tert-OH is 1. The van der Waals surface area contributed by atoms with E-state index in [1.54, 1.807) is 0 Å². The van der Waals surface area contributed by atoms with E-state index in [-0.39, 0.29) is 13.0 Å². The number of hydrogen-bond donors (Lipinski definition) is 3. The Balaban J connectivity index is 3.35. The minimum absolute atomic E-state index is 0.283. The topological polar surface area (TPSA) is 104 Å². The van der Waals surface area contributed by atoms with Crippen LogP contribution in [0.2, 0.25) is 0 Å². The first kappa shape index (κ1) is 27.3. The first-order chi connectivity index (χ1) is 13.3. The Hall–Kier alpha value is -0.680. The molecule has 28 heavy (non-hydrogen) atoms. The van der Waals surface area contributed by atoms with Gasteiger partial charge >= 0.3 is 13.6 Å². The molecule has 0 fully saturated rings. The van der Waals surface area contributed by atoms with Gasteiger partial charge in [0.25, 0.3) is 0 Å². The van der Waals surface area contributed by atoms with E-state index in [1.165, 1.54) is 64.2 Å². The van der Waals surface area contributed by atoms with Crippen molar-refractivity contribution in [3.8, 4) is 0 Å². The SMILES string of the molecule is CCCCCC/C=C/CCCCCCCCCC(=O)OCC(O)CP(=O)(O)O. The van der Waals surface area contributed by atoms with Crippen LogP contribution in [0.3, 0.4) is 0 Å². The molecule has 0 aliphatic rings. The molecule has 0 aliphatic heterocycles. The summed E-state index contributed by atoms with van der Waals surface area (Å²) in [5, 5.41) is 9.36. The Morgan fingerprint density at radius 1 is 0.893 bits per heavy atom. The molecule has 3 N–H and O–H groups in total. The molecule has 1 unspecified atom stereocenters. The van der Waals surface area contributed by atoms with Crippen molar-refractivity contribution in [3.63, 3.8) is 0 Å². The Bertz CT molecular complexity index is 446. The van der Waals surface area contributed by atoms with E-state index in [4.69, 9.17) is 14.5 Å². The zero-order valence-corrected chi connectivity index (χ0v) is 18.5. The van der Waals surface area contributed by atoms with Crippen molar-refractivity contribution in [2.45, 2.75) is 103 Å². The van der Waals surface area contributed by atoms with E-state index < -0.39 is 25.8 Å². The van der Waals surface area contributed by atoms with Gasteiger partial charge in [-0.15, -0.1) is 0 Å². The molecule has 0 aromatic carbocycles. The summed E-state index contributed by atoms with van der Waals surface area (Å²) in [7, 11) is -4.28. The predicted molar refractivity (Wildman–Crippen MR) is 113 cm³/mol. The second kappa shape index (κ2) is 18.4. The fourth-order valence-corrected chi connectivity index (χ4v) is 3.58. The maximum atomic E-state index is 11.5. The van der Waals surface area contributed by atoms with Crippen molar-refractivity contribution in [3.05, 3.63) is 12.2 Å². The smallest absolute Gasteiger partial charge is 0.328 e. The number of carbonyl (C=O) groups excluding carboxylic acids is 1. The summed E-state index contributed by atoms with van der Waals surface area (Å²) < 4.78 is 15.5. The van der Waals surface area contributed by atoms with E-state index in [9.17, 15) is 14.5 Å². The van der Waals surface area contributed by atoms with Crippen molar-refractivity contribution in [1.82, 2.24) is 0 Å². The van der Waals surface area contributed by atoms with Crippen molar-refractivity contribution in [2.75, 3.05) is 12.8 Å². The molecule has 6 nitrogen and oxygen atoms in total. The second-order valence-electron chi connectivity index (χ2n) is 7.52. The number of unbranched alkanes of at least 4 members (excludes halogenated alkanes) is 11. The lowest BCUT2D eigenvalue weighted by Gasteiger charge is -2.12. The molecule has 0 aromatic heterocycles. The van der Waals surface area contributed by atoms with E-state index in [1.807, 2.05) is 0 Å². The fourth-order valence-electron chi connectivity index (χ4n) is 2.93. The van der Waals surface area contributed by atoms with Crippen molar-refractivity contribution >= 4 is 13.6 Å². The summed E-state index contributed by atoms with van der Waals surface area (Å²) in [6.45, 7) is 1.87. The molecule has 0 saturated heterocycles. The van der Waals surface area contributed by atoms with Gasteiger partial charge in [0, 0.05) is 6.42 Å². The highest BCUT2D eigenvalue weighted by molar-refractivity contribution is 7.51. The Morgan fingerprint density at radius 2 is 1.39 bits per heavy atom. The molecule has 0 spiro atoms. The van der Waals surface area contributed by atoms with Gasteiger partial charge in [0.1, 0.15) is 6.61 Å². The number of allylic oxidation sites excluding steroid dienone is 2. The Kier molecular flexibility index (Phi) is 17.9. The van der Waals surface area contributed by atoms with Crippen LogP contribution in [-0.2, 0) is 14.1 Å². The first-order valence-corrected chi connectivity index (χ1v) is 12.7. The molecule has 0 aliphatic carbocycles. The van der Waals surface area contributed by atoms with Gasteiger partial charge in [0.05, 0.1) is 12.3 Å². The lowest BCUT2D eigenvalue weighted by molar-refractivity contribution is -0.146. The molecule has 0 heterocycles. The summed E-state index contributed by atoms with van der Waals surface area (Å²) in [6, 6.07) is 0. The maximum Gasteiger partial charge on any atom is 0.328 e. The van der Waals surface area contributed by atoms with E-state index >= 15 is 0 Å². The second-order valence-corrected chi connectivity index (χ2v) is 9.21. The van der Waals surface area contributed by atoms with Gasteiger partial charge in [0.2, 0.25) is 0 Å². The van der Waals surface area contributed by atoms with Crippen LogP contribution in [0, 0.1) is 0 Å². The number of aliphatic hydroxyl groups is 1. The van der Waals surface area contributed by atoms with Crippen molar-refractivity contribution in [2.24, 2.45) is 0 Å². The van der Waals surface area contributed by atoms with Gasteiger partial charge in [-0.1, -0.05) is 70.4 Å². The van der Waals surface area contributed by atoms with Crippen LogP contribution in [0.5, 0.6) is 0 Å². The molecule has 0 aromatic rings. The highest BCUT2D eigenvalue weighted by Gasteiger charge is 2.20. The number of ether oxygens (including phenoxy) is 1. The van der Waals surface area contributed by atoms with Gasteiger partial charge in [-0.3, -0.25) is 9.36 Å². The van der Waals surface area contributed by atoms with Crippen LogP contribution in [0.1, 0.15) is 96.8 Å². The van der Waals surface area contributed by atoms with E-state index in [0.717, 1.165) is 19.3 Å².